The van der Waals surface area contributed by atoms with E-state index in [1.54, 1.807) is 12.1 Å². The van der Waals surface area contributed by atoms with Gasteiger partial charge in [-0.1, -0.05) is 19.1 Å². The van der Waals surface area contributed by atoms with Crippen molar-refractivity contribution in [2.75, 3.05) is 20.3 Å². The van der Waals surface area contributed by atoms with Gasteiger partial charge in [0.15, 0.2) is 0 Å². The summed E-state index contributed by atoms with van der Waals surface area (Å²) in [7, 11) is 2.02. The summed E-state index contributed by atoms with van der Waals surface area (Å²) in [6.45, 7) is 5.98. The van der Waals surface area contributed by atoms with Gasteiger partial charge in [0.2, 0.25) is 0 Å². The maximum Gasteiger partial charge on any atom is 0.123 e. The summed E-state index contributed by atoms with van der Waals surface area (Å²) in [4.78, 5) is 0. The third-order valence-electron chi connectivity index (χ3n) is 4.11. The van der Waals surface area contributed by atoms with Crippen molar-refractivity contribution >= 4 is 0 Å². The molecule has 0 aromatic heterocycles. The lowest BCUT2D eigenvalue weighted by Gasteiger charge is -2.53. The van der Waals surface area contributed by atoms with E-state index in [4.69, 9.17) is 4.74 Å². The quantitative estimate of drug-likeness (QED) is 0.798. The zero-order chi connectivity index (χ0) is 13.9. The molecule has 2 rings (SSSR count). The summed E-state index contributed by atoms with van der Waals surface area (Å²) in [6, 6.07) is 6.73. The van der Waals surface area contributed by atoms with E-state index in [1.165, 1.54) is 6.07 Å². The highest BCUT2D eigenvalue weighted by Gasteiger charge is 2.47. The fourth-order valence-corrected chi connectivity index (χ4v) is 3.31. The molecule has 0 bridgehead atoms. The average Bonchev–Trinajstić information content (AvgIpc) is 2.33. The van der Waals surface area contributed by atoms with Crippen molar-refractivity contribution in [3.8, 4) is 0 Å². The molecule has 1 aromatic carbocycles. The van der Waals surface area contributed by atoms with Crippen LogP contribution in [-0.4, -0.2) is 25.8 Å². The Kier molecular flexibility index (Phi) is 4.26. The van der Waals surface area contributed by atoms with Crippen molar-refractivity contribution in [2.24, 2.45) is 5.41 Å². The Bertz CT molecular complexity index is 427. The molecule has 0 heterocycles. The summed E-state index contributed by atoms with van der Waals surface area (Å²) >= 11 is 0. The van der Waals surface area contributed by atoms with Crippen LogP contribution in [0.1, 0.15) is 32.3 Å². The summed E-state index contributed by atoms with van der Waals surface area (Å²) in [5.41, 5.74) is 1.57. The van der Waals surface area contributed by atoms with E-state index >= 15 is 0 Å². The second kappa shape index (κ2) is 5.59. The molecular weight excluding hydrogens is 241 g/mol. The minimum absolute atomic E-state index is 0.173. The smallest absolute Gasteiger partial charge is 0.123 e. The Morgan fingerprint density at radius 1 is 1.32 bits per heavy atom. The zero-order valence-electron chi connectivity index (χ0n) is 12.1. The first-order valence-electron chi connectivity index (χ1n) is 6.96. The molecule has 1 N–H and O–H groups in total. The molecule has 1 aromatic rings. The van der Waals surface area contributed by atoms with E-state index in [9.17, 15) is 4.39 Å². The van der Waals surface area contributed by atoms with Crippen molar-refractivity contribution in [1.82, 2.24) is 5.32 Å². The lowest BCUT2D eigenvalue weighted by Crippen LogP contribution is -2.57. The molecule has 1 aliphatic rings. The molecule has 106 valence electrons. The number of halogens is 1. The van der Waals surface area contributed by atoms with Crippen LogP contribution in [0.3, 0.4) is 0 Å². The maximum atomic E-state index is 13.0. The minimum atomic E-state index is -0.173. The summed E-state index contributed by atoms with van der Waals surface area (Å²) in [5, 5.41) is 3.36. The molecule has 0 aliphatic heterocycles. The van der Waals surface area contributed by atoms with Gasteiger partial charge in [-0.25, -0.2) is 4.39 Å². The van der Waals surface area contributed by atoms with Crippen LogP contribution in [-0.2, 0) is 11.2 Å². The van der Waals surface area contributed by atoms with Crippen LogP contribution in [0.5, 0.6) is 0 Å². The lowest BCUT2D eigenvalue weighted by molar-refractivity contribution is -0.0450. The molecular formula is C16H24FNO. The highest BCUT2D eigenvalue weighted by molar-refractivity contribution is 5.16. The second-order valence-electron chi connectivity index (χ2n) is 6.41. The Morgan fingerprint density at radius 3 is 2.68 bits per heavy atom. The number of ether oxygens (including phenoxy) is 1. The molecule has 0 atom stereocenters. The fourth-order valence-electron chi connectivity index (χ4n) is 3.31. The molecule has 19 heavy (non-hydrogen) atoms. The number of benzene rings is 1. The largest absolute Gasteiger partial charge is 0.381 e. The Morgan fingerprint density at radius 2 is 2.05 bits per heavy atom. The lowest BCUT2D eigenvalue weighted by atomic mass is 9.59. The highest BCUT2D eigenvalue weighted by atomic mass is 19.1. The molecule has 0 saturated heterocycles. The van der Waals surface area contributed by atoms with Crippen LogP contribution in [0.2, 0.25) is 0 Å². The van der Waals surface area contributed by atoms with Crippen LogP contribution < -0.4 is 5.32 Å². The van der Waals surface area contributed by atoms with Crippen LogP contribution in [0.4, 0.5) is 4.39 Å². The minimum Gasteiger partial charge on any atom is -0.381 e. The number of nitrogens with one attached hydrogen (secondary N) is 1. The van der Waals surface area contributed by atoms with E-state index < -0.39 is 0 Å². The monoisotopic (exact) mass is 265 g/mol. The first-order chi connectivity index (χ1) is 8.95. The third-order valence-corrected chi connectivity index (χ3v) is 4.11. The molecule has 1 aliphatic carbocycles. The van der Waals surface area contributed by atoms with Crippen molar-refractivity contribution in [1.29, 1.82) is 0 Å². The second-order valence-corrected chi connectivity index (χ2v) is 6.41. The Labute approximate surface area is 115 Å². The number of hydrogen-bond acceptors (Lipinski definition) is 2. The predicted octanol–water partition coefficient (Wildman–Crippen LogP) is 3.16. The van der Waals surface area contributed by atoms with E-state index in [-0.39, 0.29) is 11.4 Å². The van der Waals surface area contributed by atoms with E-state index in [2.05, 4.69) is 19.2 Å². The molecule has 0 radical (unpaired) electrons. The van der Waals surface area contributed by atoms with Crippen molar-refractivity contribution < 1.29 is 9.13 Å². The van der Waals surface area contributed by atoms with Gasteiger partial charge in [0, 0.05) is 5.54 Å². The Hall–Kier alpha value is -0.930. The van der Waals surface area contributed by atoms with Crippen LogP contribution in [0, 0.1) is 11.2 Å². The van der Waals surface area contributed by atoms with Crippen LogP contribution in [0.15, 0.2) is 24.3 Å². The van der Waals surface area contributed by atoms with Gasteiger partial charge in [-0.2, -0.15) is 0 Å². The SMILES string of the molecule is CNC1(C)CC(C)(COCCc2cccc(F)c2)C1. The van der Waals surface area contributed by atoms with Gasteiger partial charge in [0.05, 0.1) is 13.2 Å². The first-order valence-corrected chi connectivity index (χ1v) is 6.96. The van der Waals surface area contributed by atoms with E-state index in [0.29, 0.717) is 12.0 Å². The predicted molar refractivity (Wildman–Crippen MR) is 75.7 cm³/mol. The van der Waals surface area contributed by atoms with Gasteiger partial charge in [0.1, 0.15) is 5.82 Å². The van der Waals surface area contributed by atoms with Crippen LogP contribution in [0.25, 0.3) is 0 Å². The molecule has 0 spiro atoms. The summed E-state index contributed by atoms with van der Waals surface area (Å²) < 4.78 is 18.8. The van der Waals surface area contributed by atoms with Gasteiger partial charge in [-0.3, -0.25) is 0 Å². The van der Waals surface area contributed by atoms with E-state index in [0.717, 1.165) is 31.4 Å². The van der Waals surface area contributed by atoms with Crippen molar-refractivity contribution in [2.45, 2.75) is 38.6 Å². The molecule has 2 nitrogen and oxygen atoms in total. The number of rotatable bonds is 6. The summed E-state index contributed by atoms with van der Waals surface area (Å²) in [5.74, 6) is -0.173. The molecule has 3 heteroatoms. The van der Waals surface area contributed by atoms with Gasteiger partial charge in [0.25, 0.3) is 0 Å². The molecule has 1 saturated carbocycles. The van der Waals surface area contributed by atoms with Gasteiger partial charge < -0.3 is 10.1 Å². The zero-order valence-corrected chi connectivity index (χ0v) is 12.1. The van der Waals surface area contributed by atoms with Gasteiger partial charge in [-0.15, -0.1) is 0 Å². The van der Waals surface area contributed by atoms with E-state index in [1.807, 2.05) is 13.1 Å². The topological polar surface area (TPSA) is 21.3 Å². The fraction of sp³-hybridized carbons (Fsp3) is 0.625. The third kappa shape index (κ3) is 3.77. The van der Waals surface area contributed by atoms with Gasteiger partial charge in [-0.05, 0) is 56.3 Å². The van der Waals surface area contributed by atoms with Crippen molar-refractivity contribution in [3.63, 3.8) is 0 Å². The maximum absolute atomic E-state index is 13.0. The number of hydrogen-bond donors (Lipinski definition) is 1. The molecule has 1 fully saturated rings. The summed E-state index contributed by atoms with van der Waals surface area (Å²) in [6.07, 6.45) is 3.07. The molecule has 0 unspecified atom stereocenters. The Balaban J connectivity index is 1.68. The van der Waals surface area contributed by atoms with Gasteiger partial charge >= 0.3 is 0 Å². The normalized spacial score (nSPS) is 30.1. The van der Waals surface area contributed by atoms with Crippen LogP contribution >= 0.6 is 0 Å². The standard InChI is InChI=1S/C16H24FNO/c1-15(10-16(2,11-15)18-3)12-19-8-7-13-5-4-6-14(17)9-13/h4-6,9,18H,7-8,10-12H2,1-3H3. The van der Waals surface area contributed by atoms with Crippen molar-refractivity contribution in [3.05, 3.63) is 35.6 Å². The highest BCUT2D eigenvalue weighted by Crippen LogP contribution is 2.47. The average molecular weight is 265 g/mol. The molecule has 0 amide bonds. The first kappa shape index (κ1) is 14.5.